The molecule has 5 heteroatoms. The molecule has 0 unspecified atom stereocenters. The summed E-state index contributed by atoms with van der Waals surface area (Å²) in [6, 6.07) is 3.27. The Balaban J connectivity index is 0.00000112. The first-order valence-electron chi connectivity index (χ1n) is 4.47. The number of hydrogen-bond donors (Lipinski definition) is 1. The number of nitrogens with zero attached hydrogens (tertiary/aromatic N) is 1. The smallest absolute Gasteiger partial charge is 0.340 e. The lowest BCUT2D eigenvalue weighted by atomic mass is 9.95. The van der Waals surface area contributed by atoms with E-state index < -0.39 is 5.60 Å². The summed E-state index contributed by atoms with van der Waals surface area (Å²) in [4.78, 5) is 15.6. The first kappa shape index (κ1) is 11.8. The Bertz CT molecular complexity index is 404. The number of esters is 1. The highest BCUT2D eigenvalue weighted by molar-refractivity contribution is 5.92. The molecule has 0 saturated heterocycles. The fraction of sp³-hybridized carbons (Fsp3) is 0.400. The molecule has 0 aliphatic carbocycles. The average Bonchev–Trinajstić information content (AvgIpc) is 2.00. The molecule has 0 saturated carbocycles. The van der Waals surface area contributed by atoms with Crippen LogP contribution in [0.5, 0.6) is 0 Å². The molecule has 1 aliphatic rings. The minimum absolute atomic E-state index is 0. The normalized spacial score (nSPS) is 17.3. The molecule has 82 valence electrons. The van der Waals surface area contributed by atoms with Crippen molar-refractivity contribution >= 4 is 24.2 Å². The maximum absolute atomic E-state index is 11.5. The zero-order valence-electron chi connectivity index (χ0n) is 8.61. The summed E-state index contributed by atoms with van der Waals surface area (Å²) < 4.78 is 5.22. The van der Waals surface area contributed by atoms with Crippen molar-refractivity contribution < 1.29 is 9.53 Å². The third-order valence-electron chi connectivity index (χ3n) is 2.18. The van der Waals surface area contributed by atoms with E-state index in [-0.39, 0.29) is 18.4 Å². The molecule has 1 aliphatic heterocycles. The number of carbonyl (C=O) groups is 1. The number of nitrogen functional groups attached to an aromatic ring is 1. The van der Waals surface area contributed by atoms with E-state index in [9.17, 15) is 4.79 Å². The molecule has 15 heavy (non-hydrogen) atoms. The lowest BCUT2D eigenvalue weighted by Gasteiger charge is -2.30. The highest BCUT2D eigenvalue weighted by Crippen LogP contribution is 2.26. The number of anilines is 1. The van der Waals surface area contributed by atoms with Crippen molar-refractivity contribution in [3.63, 3.8) is 0 Å². The molecule has 0 bridgehead atoms. The van der Waals surface area contributed by atoms with Gasteiger partial charge in [-0.05, 0) is 26.0 Å². The summed E-state index contributed by atoms with van der Waals surface area (Å²) in [5.74, 6) is 0.123. The van der Waals surface area contributed by atoms with Gasteiger partial charge in [-0.25, -0.2) is 9.78 Å². The van der Waals surface area contributed by atoms with Crippen molar-refractivity contribution in [2.75, 3.05) is 5.73 Å². The van der Waals surface area contributed by atoms with Gasteiger partial charge in [-0.3, -0.25) is 0 Å². The van der Waals surface area contributed by atoms with Crippen LogP contribution in [0, 0.1) is 0 Å². The summed E-state index contributed by atoms with van der Waals surface area (Å²) in [6.07, 6.45) is 0.610. The first-order chi connectivity index (χ1) is 6.48. The number of fused-ring (bicyclic) bond motifs is 1. The van der Waals surface area contributed by atoms with E-state index in [2.05, 4.69) is 4.98 Å². The molecule has 2 N–H and O–H groups in total. The molecule has 4 nitrogen and oxygen atoms in total. The number of carbonyl (C=O) groups excluding carboxylic acids is 1. The molecule has 0 fully saturated rings. The first-order valence-corrected chi connectivity index (χ1v) is 4.47. The number of halogens is 1. The topological polar surface area (TPSA) is 65.2 Å². The van der Waals surface area contributed by atoms with Crippen LogP contribution in [0.1, 0.15) is 29.9 Å². The van der Waals surface area contributed by atoms with Crippen molar-refractivity contribution in [1.82, 2.24) is 4.98 Å². The number of cyclic esters (lactones) is 1. The fourth-order valence-corrected chi connectivity index (χ4v) is 1.58. The quantitative estimate of drug-likeness (QED) is 0.685. The molecule has 2 heterocycles. The largest absolute Gasteiger partial charge is 0.456 e. The van der Waals surface area contributed by atoms with Crippen LogP contribution in [-0.2, 0) is 11.2 Å². The minimum atomic E-state index is -0.481. The summed E-state index contributed by atoms with van der Waals surface area (Å²) in [5.41, 5.74) is 6.33. The van der Waals surface area contributed by atoms with Crippen LogP contribution in [0.3, 0.4) is 0 Å². The van der Waals surface area contributed by atoms with Gasteiger partial charge >= 0.3 is 5.97 Å². The third-order valence-corrected chi connectivity index (χ3v) is 2.18. The monoisotopic (exact) mass is 228 g/mol. The van der Waals surface area contributed by atoms with Crippen LogP contribution in [-0.4, -0.2) is 16.6 Å². The number of rotatable bonds is 0. The summed E-state index contributed by atoms with van der Waals surface area (Å²) in [7, 11) is 0. The fourth-order valence-electron chi connectivity index (χ4n) is 1.58. The van der Waals surface area contributed by atoms with Crippen LogP contribution in [0.2, 0.25) is 0 Å². The van der Waals surface area contributed by atoms with Gasteiger partial charge in [-0.1, -0.05) is 0 Å². The van der Waals surface area contributed by atoms with E-state index in [1.807, 2.05) is 13.8 Å². The number of pyridine rings is 1. The Morgan fingerprint density at radius 3 is 2.80 bits per heavy atom. The number of ether oxygens (including phenoxy) is 1. The Labute approximate surface area is 94.2 Å². The molecule has 0 atom stereocenters. The zero-order chi connectivity index (χ0) is 10.3. The van der Waals surface area contributed by atoms with Gasteiger partial charge in [0.15, 0.2) is 0 Å². The van der Waals surface area contributed by atoms with Gasteiger partial charge in [-0.2, -0.15) is 0 Å². The second kappa shape index (κ2) is 3.70. The van der Waals surface area contributed by atoms with Gasteiger partial charge in [0, 0.05) is 6.42 Å². The number of nitrogens with two attached hydrogens (primary N) is 1. The predicted molar refractivity (Wildman–Crippen MR) is 59.1 cm³/mol. The molecule has 0 aromatic carbocycles. The molecule has 2 rings (SSSR count). The highest BCUT2D eigenvalue weighted by Gasteiger charge is 2.33. The van der Waals surface area contributed by atoms with E-state index in [0.717, 1.165) is 5.69 Å². The average molecular weight is 229 g/mol. The van der Waals surface area contributed by atoms with E-state index in [1.165, 1.54) is 0 Å². The van der Waals surface area contributed by atoms with Crippen molar-refractivity contribution in [3.8, 4) is 0 Å². The maximum atomic E-state index is 11.5. The Hall–Kier alpha value is -1.29. The van der Waals surface area contributed by atoms with E-state index in [0.29, 0.717) is 17.8 Å². The second-order valence-electron chi connectivity index (χ2n) is 4.06. The summed E-state index contributed by atoms with van der Waals surface area (Å²) in [5, 5.41) is 0. The molecular formula is C10H13ClN2O2. The number of hydrogen-bond acceptors (Lipinski definition) is 4. The van der Waals surface area contributed by atoms with Crippen molar-refractivity contribution in [2.24, 2.45) is 0 Å². The Kier molecular flexibility index (Phi) is 2.90. The summed E-state index contributed by atoms with van der Waals surface area (Å²) in [6.45, 7) is 3.72. The summed E-state index contributed by atoms with van der Waals surface area (Å²) >= 11 is 0. The standard InChI is InChI=1S/C10H12N2O2.ClH/c1-10(2)5-7-6(9(13)14-10)3-4-8(11)12-7;/h3-4H,5H2,1-2H3,(H2,11,12);1H. The highest BCUT2D eigenvalue weighted by atomic mass is 35.5. The van der Waals surface area contributed by atoms with Crippen LogP contribution >= 0.6 is 12.4 Å². The molecule has 0 spiro atoms. The van der Waals surface area contributed by atoms with E-state index >= 15 is 0 Å². The van der Waals surface area contributed by atoms with Crippen molar-refractivity contribution in [3.05, 3.63) is 23.4 Å². The molecule has 0 amide bonds. The lowest BCUT2D eigenvalue weighted by molar-refractivity contribution is -0.00713. The van der Waals surface area contributed by atoms with Gasteiger partial charge in [0.2, 0.25) is 0 Å². The van der Waals surface area contributed by atoms with Gasteiger partial charge in [0.25, 0.3) is 0 Å². The van der Waals surface area contributed by atoms with Crippen LogP contribution < -0.4 is 5.73 Å². The SMILES string of the molecule is CC1(C)Cc2nc(N)ccc2C(=O)O1.Cl. The van der Waals surface area contributed by atoms with Gasteiger partial charge < -0.3 is 10.5 Å². The Morgan fingerprint density at radius 2 is 2.13 bits per heavy atom. The Morgan fingerprint density at radius 1 is 1.47 bits per heavy atom. The van der Waals surface area contributed by atoms with Crippen LogP contribution in [0.25, 0.3) is 0 Å². The lowest BCUT2D eigenvalue weighted by Crippen LogP contribution is -2.36. The third kappa shape index (κ3) is 2.21. The molecule has 0 radical (unpaired) electrons. The van der Waals surface area contributed by atoms with E-state index in [4.69, 9.17) is 10.5 Å². The predicted octanol–water partition coefficient (Wildman–Crippen LogP) is 1.58. The zero-order valence-corrected chi connectivity index (χ0v) is 9.43. The van der Waals surface area contributed by atoms with Crippen molar-refractivity contribution in [2.45, 2.75) is 25.9 Å². The molecular weight excluding hydrogens is 216 g/mol. The van der Waals surface area contributed by atoms with Gasteiger partial charge in [-0.15, -0.1) is 12.4 Å². The molecule has 1 aromatic rings. The maximum Gasteiger partial charge on any atom is 0.340 e. The minimum Gasteiger partial charge on any atom is -0.456 e. The van der Waals surface area contributed by atoms with Gasteiger partial charge in [0.05, 0.1) is 11.3 Å². The van der Waals surface area contributed by atoms with Crippen molar-refractivity contribution in [1.29, 1.82) is 0 Å². The van der Waals surface area contributed by atoms with Crippen LogP contribution in [0.4, 0.5) is 5.82 Å². The second-order valence-corrected chi connectivity index (χ2v) is 4.06. The van der Waals surface area contributed by atoms with Gasteiger partial charge in [0.1, 0.15) is 11.4 Å². The van der Waals surface area contributed by atoms with Crippen LogP contribution in [0.15, 0.2) is 12.1 Å². The van der Waals surface area contributed by atoms with E-state index in [1.54, 1.807) is 12.1 Å². The number of aromatic nitrogens is 1. The molecule has 1 aromatic heterocycles.